The van der Waals surface area contributed by atoms with E-state index >= 15 is 0 Å². The summed E-state index contributed by atoms with van der Waals surface area (Å²) in [6.07, 6.45) is 4.07. The Bertz CT molecular complexity index is 1110. The number of nitrogens with one attached hydrogen (secondary N) is 1. The summed E-state index contributed by atoms with van der Waals surface area (Å²) in [5.74, 6) is -0.277. The SMILES string of the molecule is O=C(NCCc1ccccc1)c1nnn(-c2cccc(Cl)c2)c1-c1ccncc1. The summed E-state index contributed by atoms with van der Waals surface area (Å²) in [6, 6.07) is 20.9. The molecule has 0 aliphatic heterocycles. The van der Waals surface area contributed by atoms with Gasteiger partial charge >= 0.3 is 0 Å². The first-order chi connectivity index (χ1) is 14.2. The Morgan fingerprint density at radius 2 is 1.79 bits per heavy atom. The molecule has 144 valence electrons. The maximum Gasteiger partial charge on any atom is 0.274 e. The number of carbonyl (C=O) groups excluding carboxylic acids is 1. The van der Waals surface area contributed by atoms with Gasteiger partial charge in [-0.25, -0.2) is 4.68 Å². The molecule has 0 unspecified atom stereocenters. The molecule has 0 atom stereocenters. The molecule has 4 aromatic rings. The lowest BCUT2D eigenvalue weighted by Crippen LogP contribution is -2.26. The number of benzene rings is 2. The van der Waals surface area contributed by atoms with Gasteiger partial charge in [0.1, 0.15) is 5.69 Å². The standard InChI is InChI=1S/C22H18ClN5O/c23-18-7-4-8-19(15-18)28-21(17-10-12-24-13-11-17)20(26-27-28)22(29)25-14-9-16-5-2-1-3-6-16/h1-8,10-13,15H,9,14H2,(H,25,29). The molecule has 0 saturated heterocycles. The highest BCUT2D eigenvalue weighted by atomic mass is 35.5. The molecule has 29 heavy (non-hydrogen) atoms. The molecule has 2 aromatic heterocycles. The molecule has 7 heteroatoms. The van der Waals surface area contributed by atoms with Crippen molar-refractivity contribution in [3.63, 3.8) is 0 Å². The first-order valence-corrected chi connectivity index (χ1v) is 9.54. The van der Waals surface area contributed by atoms with Crippen LogP contribution in [0.2, 0.25) is 5.02 Å². The number of aromatic nitrogens is 4. The Morgan fingerprint density at radius 1 is 1.00 bits per heavy atom. The van der Waals surface area contributed by atoms with Crippen LogP contribution in [-0.2, 0) is 6.42 Å². The second-order valence-corrected chi connectivity index (χ2v) is 6.84. The fraction of sp³-hybridized carbons (Fsp3) is 0.0909. The lowest BCUT2D eigenvalue weighted by Gasteiger charge is -2.09. The van der Waals surface area contributed by atoms with E-state index in [0.29, 0.717) is 17.3 Å². The van der Waals surface area contributed by atoms with Crippen LogP contribution in [0, 0.1) is 0 Å². The van der Waals surface area contributed by atoms with Crippen LogP contribution in [-0.4, -0.2) is 32.4 Å². The number of nitrogens with zero attached hydrogens (tertiary/aromatic N) is 4. The van der Waals surface area contributed by atoms with Gasteiger partial charge in [-0.15, -0.1) is 5.10 Å². The fourth-order valence-electron chi connectivity index (χ4n) is 3.04. The number of amides is 1. The summed E-state index contributed by atoms with van der Waals surface area (Å²) in [5.41, 5.74) is 3.51. The average molecular weight is 404 g/mol. The molecule has 2 aromatic carbocycles. The summed E-state index contributed by atoms with van der Waals surface area (Å²) >= 11 is 6.14. The monoisotopic (exact) mass is 403 g/mol. The van der Waals surface area contributed by atoms with E-state index in [4.69, 9.17) is 11.6 Å². The molecule has 2 heterocycles. The van der Waals surface area contributed by atoms with Crippen LogP contribution in [0.1, 0.15) is 16.1 Å². The number of hydrogen-bond donors (Lipinski definition) is 1. The predicted molar refractivity (Wildman–Crippen MR) is 112 cm³/mol. The lowest BCUT2D eigenvalue weighted by molar-refractivity contribution is 0.0949. The quantitative estimate of drug-likeness (QED) is 0.529. The molecule has 0 spiro atoms. The van der Waals surface area contributed by atoms with E-state index in [1.165, 1.54) is 0 Å². The lowest BCUT2D eigenvalue weighted by atomic mass is 10.1. The van der Waals surface area contributed by atoms with E-state index in [0.717, 1.165) is 23.2 Å². The van der Waals surface area contributed by atoms with Gasteiger partial charge in [0.15, 0.2) is 5.69 Å². The van der Waals surface area contributed by atoms with Gasteiger partial charge in [0.2, 0.25) is 0 Å². The normalized spacial score (nSPS) is 10.7. The molecule has 0 aliphatic carbocycles. The van der Waals surface area contributed by atoms with Gasteiger partial charge in [0.05, 0.1) is 5.69 Å². The van der Waals surface area contributed by atoms with Gasteiger partial charge in [-0.2, -0.15) is 0 Å². The Kier molecular flexibility index (Phi) is 5.63. The Morgan fingerprint density at radius 3 is 2.55 bits per heavy atom. The van der Waals surface area contributed by atoms with Crippen LogP contribution in [0.3, 0.4) is 0 Å². The maximum atomic E-state index is 12.9. The summed E-state index contributed by atoms with van der Waals surface area (Å²) < 4.78 is 1.62. The van der Waals surface area contributed by atoms with Gasteiger partial charge in [-0.3, -0.25) is 9.78 Å². The van der Waals surface area contributed by atoms with Crippen molar-refractivity contribution in [2.45, 2.75) is 6.42 Å². The topological polar surface area (TPSA) is 72.7 Å². The predicted octanol–water partition coefficient (Wildman–Crippen LogP) is 3.96. The minimum Gasteiger partial charge on any atom is -0.350 e. The van der Waals surface area contributed by atoms with Gasteiger partial charge in [0, 0.05) is 29.5 Å². The van der Waals surface area contributed by atoms with E-state index in [1.54, 1.807) is 29.2 Å². The van der Waals surface area contributed by atoms with Crippen molar-refractivity contribution in [2.24, 2.45) is 0 Å². The van der Waals surface area contributed by atoms with Crippen molar-refractivity contribution in [1.82, 2.24) is 25.3 Å². The molecule has 0 bridgehead atoms. The molecule has 0 aliphatic rings. The second kappa shape index (κ2) is 8.67. The van der Waals surface area contributed by atoms with Crippen LogP contribution in [0.5, 0.6) is 0 Å². The minimum absolute atomic E-state index is 0.254. The highest BCUT2D eigenvalue weighted by molar-refractivity contribution is 6.30. The molecule has 6 nitrogen and oxygen atoms in total. The zero-order chi connectivity index (χ0) is 20.1. The van der Waals surface area contributed by atoms with Crippen molar-refractivity contribution in [2.75, 3.05) is 6.54 Å². The number of carbonyl (C=O) groups is 1. The molecule has 0 radical (unpaired) electrons. The van der Waals surface area contributed by atoms with E-state index in [2.05, 4.69) is 20.6 Å². The molecule has 0 fully saturated rings. The van der Waals surface area contributed by atoms with Crippen molar-refractivity contribution in [3.8, 4) is 16.9 Å². The third-order valence-electron chi connectivity index (χ3n) is 4.43. The summed E-state index contributed by atoms with van der Waals surface area (Å²) in [4.78, 5) is 16.9. The maximum absolute atomic E-state index is 12.9. The summed E-state index contributed by atoms with van der Waals surface area (Å²) in [7, 11) is 0. The van der Waals surface area contributed by atoms with Crippen molar-refractivity contribution < 1.29 is 4.79 Å². The van der Waals surface area contributed by atoms with Crippen LogP contribution in [0.4, 0.5) is 0 Å². The fourth-order valence-corrected chi connectivity index (χ4v) is 3.23. The first kappa shape index (κ1) is 18.8. The molecular weight excluding hydrogens is 386 g/mol. The number of rotatable bonds is 6. The van der Waals surface area contributed by atoms with Gasteiger partial charge in [0.25, 0.3) is 5.91 Å². The van der Waals surface area contributed by atoms with E-state index in [1.807, 2.05) is 54.6 Å². The number of halogens is 1. The van der Waals surface area contributed by atoms with Crippen molar-refractivity contribution in [1.29, 1.82) is 0 Å². The highest BCUT2D eigenvalue weighted by Crippen LogP contribution is 2.26. The molecule has 4 rings (SSSR count). The van der Waals surface area contributed by atoms with Gasteiger partial charge in [-0.05, 0) is 42.3 Å². The molecule has 0 saturated carbocycles. The average Bonchev–Trinajstić information content (AvgIpc) is 3.20. The largest absolute Gasteiger partial charge is 0.350 e. The molecule has 1 amide bonds. The molecule has 1 N–H and O–H groups in total. The zero-order valence-electron chi connectivity index (χ0n) is 15.5. The summed E-state index contributed by atoms with van der Waals surface area (Å²) in [5, 5.41) is 11.9. The van der Waals surface area contributed by atoms with Gasteiger partial charge in [-0.1, -0.05) is 53.2 Å². The first-order valence-electron chi connectivity index (χ1n) is 9.16. The minimum atomic E-state index is -0.277. The smallest absolute Gasteiger partial charge is 0.274 e. The number of hydrogen-bond acceptors (Lipinski definition) is 4. The highest BCUT2D eigenvalue weighted by Gasteiger charge is 2.22. The van der Waals surface area contributed by atoms with Crippen molar-refractivity contribution in [3.05, 3.63) is 95.4 Å². The second-order valence-electron chi connectivity index (χ2n) is 6.41. The third-order valence-corrected chi connectivity index (χ3v) is 4.67. The third kappa shape index (κ3) is 4.33. The Hall–Kier alpha value is -3.51. The van der Waals surface area contributed by atoms with Crippen LogP contribution >= 0.6 is 11.6 Å². The summed E-state index contributed by atoms with van der Waals surface area (Å²) in [6.45, 7) is 0.503. The zero-order valence-corrected chi connectivity index (χ0v) is 16.3. The van der Waals surface area contributed by atoms with Crippen LogP contribution < -0.4 is 5.32 Å². The van der Waals surface area contributed by atoms with Crippen molar-refractivity contribution >= 4 is 17.5 Å². The number of pyridine rings is 1. The van der Waals surface area contributed by atoms with Gasteiger partial charge < -0.3 is 5.32 Å². The Labute approximate surface area is 173 Å². The molecular formula is C22H18ClN5O. The van der Waals surface area contributed by atoms with Crippen LogP contribution in [0.15, 0.2) is 79.1 Å². The van der Waals surface area contributed by atoms with Crippen LogP contribution in [0.25, 0.3) is 16.9 Å². The van der Waals surface area contributed by atoms with E-state index in [-0.39, 0.29) is 11.6 Å². The van der Waals surface area contributed by atoms with E-state index in [9.17, 15) is 4.79 Å². The van der Waals surface area contributed by atoms with E-state index < -0.39 is 0 Å². The Balaban J connectivity index is 1.63.